The molecule has 94 valence electrons. The Balaban J connectivity index is 2.36. The number of aryl methyl sites for hydroxylation is 1. The van der Waals surface area contributed by atoms with Crippen LogP contribution in [0.15, 0.2) is 30.5 Å². The summed E-state index contributed by atoms with van der Waals surface area (Å²) in [5.41, 5.74) is 1.27. The van der Waals surface area contributed by atoms with Crippen molar-refractivity contribution in [3.8, 4) is 0 Å². The van der Waals surface area contributed by atoms with E-state index in [-0.39, 0.29) is 0 Å². The average molecular weight is 243 g/mol. The van der Waals surface area contributed by atoms with Crippen molar-refractivity contribution in [2.24, 2.45) is 5.41 Å². The van der Waals surface area contributed by atoms with Gasteiger partial charge in [0.25, 0.3) is 0 Å². The van der Waals surface area contributed by atoms with Gasteiger partial charge in [0.15, 0.2) is 0 Å². The van der Waals surface area contributed by atoms with Crippen LogP contribution in [-0.4, -0.2) is 16.1 Å². The maximum absolute atomic E-state index is 11.1. The smallest absolute Gasteiger partial charge is 0.309 e. The SMILES string of the molecule is Cc1cc2ccc(CC(C)(C)C(=O)O)cc2cn1. The number of carboxylic acid groups (broad SMARTS) is 1. The topological polar surface area (TPSA) is 50.2 Å². The zero-order chi connectivity index (χ0) is 13.3. The van der Waals surface area contributed by atoms with Crippen molar-refractivity contribution >= 4 is 16.7 Å². The molecule has 0 unspecified atom stereocenters. The summed E-state index contributed by atoms with van der Waals surface area (Å²) in [5.74, 6) is -0.773. The van der Waals surface area contributed by atoms with Gasteiger partial charge in [-0.15, -0.1) is 0 Å². The molecule has 3 heteroatoms. The summed E-state index contributed by atoms with van der Waals surface area (Å²) in [5, 5.41) is 11.3. The Morgan fingerprint density at radius 2 is 2.00 bits per heavy atom. The van der Waals surface area contributed by atoms with E-state index in [2.05, 4.69) is 4.98 Å². The first-order valence-corrected chi connectivity index (χ1v) is 5.97. The lowest BCUT2D eigenvalue weighted by molar-refractivity contribution is -0.146. The summed E-state index contributed by atoms with van der Waals surface area (Å²) >= 11 is 0. The molecule has 0 bridgehead atoms. The van der Waals surface area contributed by atoms with Gasteiger partial charge in [0, 0.05) is 17.3 Å². The third-order valence-corrected chi connectivity index (χ3v) is 3.15. The van der Waals surface area contributed by atoms with Crippen LogP contribution in [0.1, 0.15) is 25.1 Å². The van der Waals surface area contributed by atoms with Gasteiger partial charge in [-0.05, 0) is 50.3 Å². The highest BCUT2D eigenvalue weighted by atomic mass is 16.4. The maximum Gasteiger partial charge on any atom is 0.309 e. The average Bonchev–Trinajstić information content (AvgIpc) is 2.28. The first-order valence-electron chi connectivity index (χ1n) is 5.97. The predicted molar refractivity (Wildman–Crippen MR) is 71.6 cm³/mol. The summed E-state index contributed by atoms with van der Waals surface area (Å²) in [7, 11) is 0. The van der Waals surface area contributed by atoms with Gasteiger partial charge in [-0.25, -0.2) is 0 Å². The maximum atomic E-state index is 11.1. The monoisotopic (exact) mass is 243 g/mol. The van der Waals surface area contributed by atoms with Crippen LogP contribution in [-0.2, 0) is 11.2 Å². The van der Waals surface area contributed by atoms with E-state index in [1.807, 2.05) is 37.4 Å². The third-order valence-electron chi connectivity index (χ3n) is 3.15. The van der Waals surface area contributed by atoms with Crippen LogP contribution >= 0.6 is 0 Å². The van der Waals surface area contributed by atoms with Gasteiger partial charge < -0.3 is 5.11 Å². The van der Waals surface area contributed by atoms with Crippen LogP contribution in [0, 0.1) is 12.3 Å². The van der Waals surface area contributed by atoms with Crippen LogP contribution in [0.5, 0.6) is 0 Å². The number of aliphatic carboxylic acids is 1. The first-order chi connectivity index (χ1) is 8.38. The van der Waals surface area contributed by atoms with Crippen LogP contribution in [0.4, 0.5) is 0 Å². The van der Waals surface area contributed by atoms with Gasteiger partial charge in [-0.2, -0.15) is 0 Å². The lowest BCUT2D eigenvalue weighted by atomic mass is 9.85. The van der Waals surface area contributed by atoms with E-state index < -0.39 is 11.4 Å². The molecule has 0 fully saturated rings. The number of hydrogen-bond donors (Lipinski definition) is 1. The quantitative estimate of drug-likeness (QED) is 0.900. The Labute approximate surface area is 106 Å². The predicted octanol–water partition coefficient (Wildman–Crippen LogP) is 3.20. The first kappa shape index (κ1) is 12.6. The van der Waals surface area contributed by atoms with Gasteiger partial charge in [0.1, 0.15) is 0 Å². The minimum Gasteiger partial charge on any atom is -0.481 e. The number of nitrogens with zero attached hydrogens (tertiary/aromatic N) is 1. The zero-order valence-electron chi connectivity index (χ0n) is 10.9. The Hall–Kier alpha value is -1.90. The molecule has 0 atom stereocenters. The number of benzene rings is 1. The number of rotatable bonds is 3. The van der Waals surface area contributed by atoms with Gasteiger partial charge in [-0.1, -0.05) is 12.1 Å². The normalized spacial score (nSPS) is 11.7. The number of carboxylic acids is 1. The summed E-state index contributed by atoms with van der Waals surface area (Å²) in [6.45, 7) is 5.45. The molecule has 3 nitrogen and oxygen atoms in total. The van der Waals surface area contributed by atoms with E-state index in [9.17, 15) is 4.79 Å². The van der Waals surface area contributed by atoms with Gasteiger partial charge in [0.2, 0.25) is 0 Å². The molecule has 0 saturated heterocycles. The lowest BCUT2D eigenvalue weighted by Gasteiger charge is -2.19. The fraction of sp³-hybridized carbons (Fsp3) is 0.333. The number of carbonyl (C=O) groups is 1. The van der Waals surface area contributed by atoms with E-state index in [0.717, 1.165) is 22.0 Å². The van der Waals surface area contributed by atoms with Crippen LogP contribution < -0.4 is 0 Å². The Kier molecular flexibility index (Phi) is 3.07. The van der Waals surface area contributed by atoms with Crippen molar-refractivity contribution in [1.82, 2.24) is 4.98 Å². The Morgan fingerprint density at radius 3 is 2.67 bits per heavy atom. The summed E-state index contributed by atoms with van der Waals surface area (Å²) in [6.07, 6.45) is 2.36. The molecule has 2 rings (SSSR count). The Bertz CT molecular complexity index is 602. The van der Waals surface area contributed by atoms with E-state index in [1.165, 1.54) is 0 Å². The fourth-order valence-corrected chi connectivity index (χ4v) is 2.00. The van der Waals surface area contributed by atoms with Gasteiger partial charge in [0.05, 0.1) is 5.41 Å². The standard InChI is InChI=1S/C15H17NO2/c1-10-6-12-5-4-11(7-13(12)9-16-10)8-15(2,3)14(17)18/h4-7,9H,8H2,1-3H3,(H,17,18). The van der Waals surface area contributed by atoms with Crippen molar-refractivity contribution in [3.63, 3.8) is 0 Å². The van der Waals surface area contributed by atoms with Crippen molar-refractivity contribution in [2.45, 2.75) is 27.2 Å². The zero-order valence-corrected chi connectivity index (χ0v) is 10.9. The van der Waals surface area contributed by atoms with Crippen molar-refractivity contribution < 1.29 is 9.90 Å². The molecular formula is C15H17NO2. The lowest BCUT2D eigenvalue weighted by Crippen LogP contribution is -2.26. The summed E-state index contributed by atoms with van der Waals surface area (Å²) in [6, 6.07) is 8.07. The molecule has 18 heavy (non-hydrogen) atoms. The molecule has 1 N–H and O–H groups in total. The van der Waals surface area contributed by atoms with Gasteiger partial charge >= 0.3 is 5.97 Å². The second kappa shape index (κ2) is 4.41. The molecule has 1 heterocycles. The largest absolute Gasteiger partial charge is 0.481 e. The minimum absolute atomic E-state index is 0.520. The molecule has 0 aliphatic heterocycles. The molecule has 2 aromatic rings. The molecule has 0 aliphatic carbocycles. The summed E-state index contributed by atoms with van der Waals surface area (Å²) in [4.78, 5) is 15.4. The van der Waals surface area contributed by atoms with Crippen LogP contribution in [0.2, 0.25) is 0 Å². The van der Waals surface area contributed by atoms with Crippen molar-refractivity contribution in [3.05, 3.63) is 41.7 Å². The highest BCUT2D eigenvalue weighted by Gasteiger charge is 2.27. The number of pyridine rings is 1. The molecule has 0 saturated carbocycles. The van der Waals surface area contributed by atoms with Crippen LogP contribution in [0.3, 0.4) is 0 Å². The molecule has 0 amide bonds. The molecule has 0 spiro atoms. The minimum atomic E-state index is -0.773. The second-order valence-electron chi connectivity index (χ2n) is 5.37. The third kappa shape index (κ3) is 2.50. The van der Waals surface area contributed by atoms with Crippen LogP contribution in [0.25, 0.3) is 10.8 Å². The fourth-order valence-electron chi connectivity index (χ4n) is 2.00. The molecule has 0 radical (unpaired) electrons. The van der Waals surface area contributed by atoms with E-state index >= 15 is 0 Å². The highest BCUT2D eigenvalue weighted by Crippen LogP contribution is 2.24. The van der Waals surface area contributed by atoms with E-state index in [0.29, 0.717) is 6.42 Å². The molecule has 1 aromatic heterocycles. The van der Waals surface area contributed by atoms with Crippen molar-refractivity contribution in [2.75, 3.05) is 0 Å². The van der Waals surface area contributed by atoms with Gasteiger partial charge in [-0.3, -0.25) is 9.78 Å². The number of fused-ring (bicyclic) bond motifs is 1. The molecule has 0 aliphatic rings. The summed E-state index contributed by atoms with van der Waals surface area (Å²) < 4.78 is 0. The number of aromatic nitrogens is 1. The van der Waals surface area contributed by atoms with E-state index in [1.54, 1.807) is 13.8 Å². The Morgan fingerprint density at radius 1 is 1.28 bits per heavy atom. The second-order valence-corrected chi connectivity index (χ2v) is 5.37. The molecular weight excluding hydrogens is 226 g/mol. The highest BCUT2D eigenvalue weighted by molar-refractivity contribution is 5.83. The number of hydrogen-bond acceptors (Lipinski definition) is 2. The van der Waals surface area contributed by atoms with Crippen molar-refractivity contribution in [1.29, 1.82) is 0 Å². The molecule has 1 aromatic carbocycles. The van der Waals surface area contributed by atoms with E-state index in [4.69, 9.17) is 5.11 Å².